The quantitative estimate of drug-likeness (QED) is 0.887. The molecule has 1 aromatic carbocycles. The minimum atomic E-state index is -0.406. The first-order valence-electron chi connectivity index (χ1n) is 7.97. The molecule has 9 heteroatoms. The first-order chi connectivity index (χ1) is 12.2. The lowest BCUT2D eigenvalue weighted by atomic mass is 10.1. The number of nitrogens with zero attached hydrogens (tertiary/aromatic N) is 4. The van der Waals surface area contributed by atoms with Crippen molar-refractivity contribution < 1.29 is 14.3 Å². The Morgan fingerprint density at radius 3 is 2.88 bits per heavy atom. The third-order valence-corrected chi connectivity index (χ3v) is 5.32. The van der Waals surface area contributed by atoms with Crippen LogP contribution < -0.4 is 15.0 Å². The van der Waals surface area contributed by atoms with Gasteiger partial charge in [-0.1, -0.05) is 11.8 Å². The second kappa shape index (κ2) is 6.40. The zero-order valence-corrected chi connectivity index (χ0v) is 14.5. The average molecular weight is 359 g/mol. The first-order valence-corrected chi connectivity index (χ1v) is 8.95. The minimum Gasteiger partial charge on any atom is -0.497 e. The summed E-state index contributed by atoms with van der Waals surface area (Å²) in [7, 11) is 1.59. The van der Waals surface area contributed by atoms with E-state index in [-0.39, 0.29) is 18.2 Å². The van der Waals surface area contributed by atoms with Crippen LogP contribution in [0.15, 0.2) is 29.4 Å². The van der Waals surface area contributed by atoms with Crippen LogP contribution in [0.3, 0.4) is 0 Å². The van der Waals surface area contributed by atoms with Crippen molar-refractivity contribution in [3.05, 3.63) is 24.3 Å². The van der Waals surface area contributed by atoms with Gasteiger partial charge in [0.1, 0.15) is 5.75 Å². The number of ether oxygens (including phenoxy) is 1. The van der Waals surface area contributed by atoms with Gasteiger partial charge in [-0.25, -0.2) is 0 Å². The number of carbonyl (C=O) groups excluding carboxylic acids is 2. The van der Waals surface area contributed by atoms with Crippen molar-refractivity contribution in [2.24, 2.45) is 5.92 Å². The van der Waals surface area contributed by atoms with Crippen LogP contribution in [0.25, 0.3) is 0 Å². The Balaban J connectivity index is 1.44. The van der Waals surface area contributed by atoms with Crippen LogP contribution in [0.2, 0.25) is 0 Å². The number of benzene rings is 1. The largest absolute Gasteiger partial charge is 0.497 e. The van der Waals surface area contributed by atoms with Crippen LogP contribution in [0.4, 0.5) is 11.6 Å². The van der Waals surface area contributed by atoms with E-state index >= 15 is 0 Å². The molecule has 130 valence electrons. The molecule has 1 atom stereocenters. The fourth-order valence-electron chi connectivity index (χ4n) is 3.02. The number of rotatable bonds is 4. The topological polar surface area (TPSA) is 89.3 Å². The molecule has 25 heavy (non-hydrogen) atoms. The molecular formula is C16H17N5O3S. The summed E-state index contributed by atoms with van der Waals surface area (Å²) >= 11 is 1.61. The lowest BCUT2D eigenvalue weighted by Gasteiger charge is -2.17. The van der Waals surface area contributed by atoms with Gasteiger partial charge in [0.05, 0.1) is 13.0 Å². The van der Waals surface area contributed by atoms with Gasteiger partial charge in [0.2, 0.25) is 17.8 Å². The summed E-state index contributed by atoms with van der Waals surface area (Å²) in [5.41, 5.74) is 0.765. The van der Waals surface area contributed by atoms with E-state index in [9.17, 15) is 9.59 Å². The molecule has 0 radical (unpaired) electrons. The SMILES string of the molecule is COc1ccc(N2C[C@@H](C(=O)Nc3nnc4n3CCS4)CC2=O)cc1. The Bertz CT molecular complexity index is 820. The summed E-state index contributed by atoms with van der Waals surface area (Å²) in [5.74, 6) is 1.45. The van der Waals surface area contributed by atoms with Gasteiger partial charge in [0.25, 0.3) is 0 Å². The van der Waals surface area contributed by atoms with Crippen LogP contribution in [0.1, 0.15) is 6.42 Å². The van der Waals surface area contributed by atoms with Crippen LogP contribution in [0, 0.1) is 5.92 Å². The molecule has 0 aliphatic carbocycles. The van der Waals surface area contributed by atoms with Gasteiger partial charge >= 0.3 is 0 Å². The molecule has 2 amide bonds. The van der Waals surface area contributed by atoms with Gasteiger partial charge in [0.15, 0.2) is 5.16 Å². The molecule has 0 saturated carbocycles. The van der Waals surface area contributed by atoms with Crippen molar-refractivity contribution in [2.75, 3.05) is 29.6 Å². The minimum absolute atomic E-state index is 0.0626. The maximum atomic E-state index is 12.5. The van der Waals surface area contributed by atoms with E-state index in [0.717, 1.165) is 28.9 Å². The van der Waals surface area contributed by atoms with Gasteiger partial charge in [-0.3, -0.25) is 19.5 Å². The van der Waals surface area contributed by atoms with Crippen molar-refractivity contribution in [1.29, 1.82) is 0 Å². The van der Waals surface area contributed by atoms with E-state index in [4.69, 9.17) is 4.74 Å². The fraction of sp³-hybridized carbons (Fsp3) is 0.375. The summed E-state index contributed by atoms with van der Waals surface area (Å²) < 4.78 is 7.02. The zero-order valence-electron chi connectivity index (χ0n) is 13.6. The van der Waals surface area contributed by atoms with E-state index < -0.39 is 5.92 Å². The van der Waals surface area contributed by atoms with Gasteiger partial charge in [-0.2, -0.15) is 0 Å². The number of amides is 2. The van der Waals surface area contributed by atoms with E-state index in [0.29, 0.717) is 12.5 Å². The highest BCUT2D eigenvalue weighted by molar-refractivity contribution is 7.99. The molecule has 1 N–H and O–H groups in total. The Labute approximate surface area is 148 Å². The van der Waals surface area contributed by atoms with E-state index in [1.165, 1.54) is 0 Å². The maximum absolute atomic E-state index is 12.5. The molecule has 2 aliphatic rings. The summed E-state index contributed by atoms with van der Waals surface area (Å²) in [6, 6.07) is 7.24. The number of thioether (sulfide) groups is 1. The molecule has 0 unspecified atom stereocenters. The number of hydrogen-bond acceptors (Lipinski definition) is 6. The van der Waals surface area contributed by atoms with Crippen LogP contribution in [-0.2, 0) is 16.1 Å². The lowest BCUT2D eigenvalue weighted by Crippen LogP contribution is -2.28. The van der Waals surface area contributed by atoms with Gasteiger partial charge in [-0.15, -0.1) is 10.2 Å². The smallest absolute Gasteiger partial charge is 0.232 e. The fourth-order valence-corrected chi connectivity index (χ4v) is 3.91. The van der Waals surface area contributed by atoms with E-state index in [2.05, 4.69) is 15.5 Å². The van der Waals surface area contributed by atoms with Crippen molar-refractivity contribution in [3.63, 3.8) is 0 Å². The number of carbonyl (C=O) groups is 2. The highest BCUT2D eigenvalue weighted by Gasteiger charge is 2.36. The number of nitrogens with one attached hydrogen (secondary N) is 1. The predicted molar refractivity (Wildman–Crippen MR) is 92.8 cm³/mol. The standard InChI is InChI=1S/C16H17N5O3S/c1-24-12-4-2-11(3-5-12)21-9-10(8-13(21)22)14(23)17-15-18-19-16-20(15)6-7-25-16/h2-5,10H,6-9H2,1H3,(H,17,18,23)/t10-/m0/s1. The molecular weight excluding hydrogens is 342 g/mol. The Morgan fingerprint density at radius 1 is 1.32 bits per heavy atom. The Morgan fingerprint density at radius 2 is 2.12 bits per heavy atom. The second-order valence-corrected chi connectivity index (χ2v) is 6.96. The van der Waals surface area contributed by atoms with Crippen LogP contribution in [0.5, 0.6) is 5.75 Å². The van der Waals surface area contributed by atoms with Crippen molar-refractivity contribution in [3.8, 4) is 5.75 Å². The third kappa shape index (κ3) is 2.95. The molecule has 1 saturated heterocycles. The highest BCUT2D eigenvalue weighted by Crippen LogP contribution is 2.29. The van der Waals surface area contributed by atoms with Crippen LogP contribution >= 0.6 is 11.8 Å². The summed E-state index contributed by atoms with van der Waals surface area (Å²) in [6.45, 7) is 1.14. The molecule has 8 nitrogen and oxygen atoms in total. The number of anilines is 2. The number of hydrogen-bond donors (Lipinski definition) is 1. The molecule has 0 bridgehead atoms. The molecule has 2 aromatic rings. The molecule has 2 aliphatic heterocycles. The third-order valence-electron chi connectivity index (χ3n) is 4.38. The van der Waals surface area contributed by atoms with Gasteiger partial charge in [-0.05, 0) is 24.3 Å². The summed E-state index contributed by atoms with van der Waals surface area (Å²) in [4.78, 5) is 26.5. The first kappa shape index (κ1) is 15.9. The lowest BCUT2D eigenvalue weighted by molar-refractivity contribution is -0.122. The number of aromatic nitrogens is 3. The predicted octanol–water partition coefficient (Wildman–Crippen LogP) is 1.38. The maximum Gasteiger partial charge on any atom is 0.232 e. The normalized spacial score (nSPS) is 19.2. The van der Waals surface area contributed by atoms with Crippen LogP contribution in [-0.4, -0.2) is 46.0 Å². The van der Waals surface area contributed by atoms with Crippen molar-refractivity contribution in [1.82, 2.24) is 14.8 Å². The molecule has 0 spiro atoms. The van der Waals surface area contributed by atoms with E-state index in [1.807, 2.05) is 16.7 Å². The summed E-state index contributed by atoms with van der Waals surface area (Å²) in [6.07, 6.45) is 0.188. The van der Waals surface area contributed by atoms with Crippen molar-refractivity contribution >= 4 is 35.2 Å². The molecule has 4 rings (SSSR count). The second-order valence-electron chi connectivity index (χ2n) is 5.90. The average Bonchev–Trinajstić information content (AvgIpc) is 3.32. The van der Waals surface area contributed by atoms with Gasteiger partial charge < -0.3 is 9.64 Å². The molecule has 1 aromatic heterocycles. The monoisotopic (exact) mass is 359 g/mol. The molecule has 1 fully saturated rings. The van der Waals surface area contributed by atoms with Crippen molar-refractivity contribution in [2.45, 2.75) is 18.1 Å². The highest BCUT2D eigenvalue weighted by atomic mass is 32.2. The van der Waals surface area contributed by atoms with Gasteiger partial charge in [0, 0.05) is 31.0 Å². The zero-order chi connectivity index (χ0) is 17.4. The Hall–Kier alpha value is -2.55. The molecule has 3 heterocycles. The van der Waals surface area contributed by atoms with E-state index in [1.54, 1.807) is 35.9 Å². The Kier molecular flexibility index (Phi) is 4.08. The summed E-state index contributed by atoms with van der Waals surface area (Å²) in [5, 5.41) is 11.7. The number of fused-ring (bicyclic) bond motifs is 1. The number of methoxy groups -OCH3 is 1.